The van der Waals surface area contributed by atoms with E-state index in [4.69, 9.17) is 14.7 Å². The molecular weight excluding hydrogens is 382 g/mol. The van der Waals surface area contributed by atoms with E-state index in [1.165, 1.54) is 0 Å². The molecule has 1 fully saturated rings. The number of rotatable bonds is 4. The van der Waals surface area contributed by atoms with Crippen molar-refractivity contribution in [3.63, 3.8) is 0 Å². The highest BCUT2D eigenvalue weighted by Gasteiger charge is 2.25. The molecule has 0 spiro atoms. The molecule has 7 heteroatoms. The van der Waals surface area contributed by atoms with Gasteiger partial charge in [0, 0.05) is 18.7 Å². The van der Waals surface area contributed by atoms with E-state index in [2.05, 4.69) is 11.4 Å². The second-order valence-corrected chi connectivity index (χ2v) is 7.57. The smallest absolute Gasteiger partial charge is 0.253 e. The number of nitrogens with one attached hydrogen (secondary N) is 1. The summed E-state index contributed by atoms with van der Waals surface area (Å²) in [7, 11) is 0. The van der Waals surface area contributed by atoms with Gasteiger partial charge in [-0.1, -0.05) is 0 Å². The third-order valence-corrected chi connectivity index (χ3v) is 5.46. The predicted octanol–water partition coefficient (Wildman–Crippen LogP) is 2.86. The van der Waals surface area contributed by atoms with Crippen molar-refractivity contribution in [1.82, 2.24) is 4.90 Å². The van der Waals surface area contributed by atoms with Crippen molar-refractivity contribution in [2.75, 3.05) is 38.2 Å². The Hall–Kier alpha value is -3.53. The molecule has 0 atom stereocenters. The van der Waals surface area contributed by atoms with Crippen LogP contribution in [0.2, 0.25) is 0 Å². The third-order valence-electron chi connectivity index (χ3n) is 5.46. The second-order valence-electron chi connectivity index (χ2n) is 7.57. The number of fused-ring (bicyclic) bond motifs is 1. The van der Waals surface area contributed by atoms with E-state index >= 15 is 0 Å². The van der Waals surface area contributed by atoms with Crippen LogP contribution in [0.15, 0.2) is 42.5 Å². The van der Waals surface area contributed by atoms with Gasteiger partial charge in [0.25, 0.3) is 5.91 Å². The van der Waals surface area contributed by atoms with Crippen LogP contribution in [0.1, 0.15) is 28.8 Å². The molecule has 2 aliphatic heterocycles. The number of anilines is 1. The van der Waals surface area contributed by atoms with Gasteiger partial charge in [-0.3, -0.25) is 9.59 Å². The van der Waals surface area contributed by atoms with Crippen molar-refractivity contribution in [3.8, 4) is 17.6 Å². The second kappa shape index (κ2) is 8.87. The van der Waals surface area contributed by atoms with Gasteiger partial charge in [0.1, 0.15) is 18.1 Å². The molecule has 4 rings (SSSR count). The van der Waals surface area contributed by atoms with Crippen LogP contribution in [0.25, 0.3) is 0 Å². The normalized spacial score (nSPS) is 16.5. The summed E-state index contributed by atoms with van der Waals surface area (Å²) in [6.45, 7) is 2.21. The Labute approximate surface area is 175 Å². The van der Waals surface area contributed by atoms with Gasteiger partial charge in [0.05, 0.1) is 30.5 Å². The molecule has 0 radical (unpaired) electrons. The summed E-state index contributed by atoms with van der Waals surface area (Å²) < 4.78 is 11.3. The molecular formula is C23H23N3O4. The minimum absolute atomic E-state index is 0.0124. The van der Waals surface area contributed by atoms with Gasteiger partial charge < -0.3 is 19.7 Å². The monoisotopic (exact) mass is 405 g/mol. The number of Topliss-reactive ketones (excluding diaryl/α,β-unsaturated/α-hetero) is 1. The van der Waals surface area contributed by atoms with Crippen molar-refractivity contribution in [1.29, 1.82) is 5.26 Å². The number of carbonyl (C=O) groups excluding carboxylic acids is 2. The van der Waals surface area contributed by atoms with Crippen LogP contribution in [0.5, 0.6) is 11.5 Å². The fraction of sp³-hybridized carbons (Fsp3) is 0.348. The quantitative estimate of drug-likeness (QED) is 0.841. The average Bonchev–Trinajstić information content (AvgIpc) is 2.99. The Balaban J connectivity index is 1.30. The summed E-state index contributed by atoms with van der Waals surface area (Å²) in [6.07, 6.45) is 1.76. The first-order valence-corrected chi connectivity index (χ1v) is 10.1. The SMILES string of the molecule is N#Cc1ccc(OCC2CCN(C(=O)c3ccc4c(c3)NCC(=O)CO4)CC2)cc1. The van der Waals surface area contributed by atoms with Crippen molar-refractivity contribution < 1.29 is 19.1 Å². The summed E-state index contributed by atoms with van der Waals surface area (Å²) in [4.78, 5) is 26.3. The molecule has 0 aromatic heterocycles. The van der Waals surface area contributed by atoms with Gasteiger partial charge in [-0.15, -0.1) is 0 Å². The highest BCUT2D eigenvalue weighted by molar-refractivity contribution is 5.96. The number of nitriles is 1. The number of piperidine rings is 1. The standard InChI is InChI=1S/C23H23N3O4/c24-12-16-1-4-20(5-2-16)29-14-17-7-9-26(10-8-17)23(28)18-3-6-22-21(11-18)25-13-19(27)15-30-22/h1-6,11,17,25H,7-10,13-15H2. The lowest BCUT2D eigenvalue weighted by Gasteiger charge is -2.32. The number of ether oxygens (including phenoxy) is 2. The molecule has 2 aromatic rings. The average molecular weight is 405 g/mol. The molecule has 2 heterocycles. The van der Waals surface area contributed by atoms with E-state index < -0.39 is 0 Å². The lowest BCUT2D eigenvalue weighted by Crippen LogP contribution is -2.39. The molecule has 30 heavy (non-hydrogen) atoms. The number of ketones is 1. The fourth-order valence-corrected chi connectivity index (χ4v) is 3.66. The van der Waals surface area contributed by atoms with E-state index in [1.807, 2.05) is 4.90 Å². The lowest BCUT2D eigenvalue weighted by atomic mass is 9.97. The molecule has 2 aliphatic rings. The maximum absolute atomic E-state index is 12.9. The van der Waals surface area contributed by atoms with Crippen LogP contribution in [-0.2, 0) is 4.79 Å². The van der Waals surface area contributed by atoms with Gasteiger partial charge >= 0.3 is 0 Å². The summed E-state index contributed by atoms with van der Waals surface area (Å²) in [5.74, 6) is 1.70. The number of carbonyl (C=O) groups is 2. The molecule has 0 saturated carbocycles. The largest absolute Gasteiger partial charge is 0.493 e. The zero-order chi connectivity index (χ0) is 20.9. The van der Waals surface area contributed by atoms with Crippen LogP contribution in [0.3, 0.4) is 0 Å². The maximum Gasteiger partial charge on any atom is 0.253 e. The summed E-state index contributed by atoms with van der Waals surface area (Å²) >= 11 is 0. The minimum atomic E-state index is -0.0237. The van der Waals surface area contributed by atoms with Crippen molar-refractivity contribution >= 4 is 17.4 Å². The number of benzene rings is 2. The molecule has 2 aromatic carbocycles. The topological polar surface area (TPSA) is 91.7 Å². The Morgan fingerprint density at radius 2 is 1.97 bits per heavy atom. The number of nitrogens with zero attached hydrogens (tertiary/aromatic N) is 2. The van der Waals surface area contributed by atoms with Crippen molar-refractivity contribution in [3.05, 3.63) is 53.6 Å². The summed E-state index contributed by atoms with van der Waals surface area (Å²) in [6, 6.07) is 14.4. The van der Waals surface area contributed by atoms with E-state index in [-0.39, 0.29) is 24.8 Å². The van der Waals surface area contributed by atoms with Gasteiger partial charge in [-0.2, -0.15) is 5.26 Å². The zero-order valence-corrected chi connectivity index (χ0v) is 16.6. The highest BCUT2D eigenvalue weighted by Crippen LogP contribution is 2.29. The zero-order valence-electron chi connectivity index (χ0n) is 16.6. The van der Waals surface area contributed by atoms with Crippen LogP contribution < -0.4 is 14.8 Å². The fourth-order valence-electron chi connectivity index (χ4n) is 3.66. The minimum Gasteiger partial charge on any atom is -0.493 e. The van der Waals surface area contributed by atoms with E-state index in [9.17, 15) is 9.59 Å². The Kier molecular flexibility index (Phi) is 5.84. The number of hydrogen-bond donors (Lipinski definition) is 1. The maximum atomic E-state index is 12.9. The number of amides is 1. The van der Waals surface area contributed by atoms with Crippen LogP contribution in [0, 0.1) is 17.2 Å². The number of hydrogen-bond acceptors (Lipinski definition) is 6. The van der Waals surface area contributed by atoms with E-state index in [1.54, 1.807) is 42.5 Å². The summed E-state index contributed by atoms with van der Waals surface area (Å²) in [5.41, 5.74) is 1.88. The first kappa shape index (κ1) is 19.8. The Bertz CT molecular complexity index is 973. The van der Waals surface area contributed by atoms with Crippen LogP contribution in [0.4, 0.5) is 5.69 Å². The van der Waals surface area contributed by atoms with Gasteiger partial charge in [-0.05, 0) is 61.2 Å². The van der Waals surface area contributed by atoms with E-state index in [0.29, 0.717) is 48.2 Å². The molecule has 0 bridgehead atoms. The predicted molar refractivity (Wildman–Crippen MR) is 111 cm³/mol. The molecule has 1 N–H and O–H groups in total. The van der Waals surface area contributed by atoms with Crippen molar-refractivity contribution in [2.45, 2.75) is 12.8 Å². The third kappa shape index (κ3) is 4.54. The Morgan fingerprint density at radius 1 is 1.20 bits per heavy atom. The first-order chi connectivity index (χ1) is 14.6. The Morgan fingerprint density at radius 3 is 2.70 bits per heavy atom. The van der Waals surface area contributed by atoms with Gasteiger partial charge in [0.2, 0.25) is 0 Å². The van der Waals surface area contributed by atoms with Crippen LogP contribution in [-0.4, -0.2) is 49.4 Å². The van der Waals surface area contributed by atoms with Gasteiger partial charge in [0.15, 0.2) is 5.78 Å². The summed E-state index contributed by atoms with van der Waals surface area (Å²) in [5, 5.41) is 11.9. The first-order valence-electron chi connectivity index (χ1n) is 10.1. The lowest BCUT2D eigenvalue weighted by molar-refractivity contribution is -0.119. The molecule has 154 valence electrons. The number of likely N-dealkylation sites (tertiary alicyclic amines) is 1. The molecule has 0 unspecified atom stereocenters. The van der Waals surface area contributed by atoms with Crippen molar-refractivity contribution in [2.24, 2.45) is 5.92 Å². The van der Waals surface area contributed by atoms with E-state index in [0.717, 1.165) is 18.6 Å². The molecule has 0 aliphatic carbocycles. The molecule has 1 saturated heterocycles. The molecule has 7 nitrogen and oxygen atoms in total. The molecule has 1 amide bonds. The highest BCUT2D eigenvalue weighted by atomic mass is 16.5. The van der Waals surface area contributed by atoms with Crippen LogP contribution >= 0.6 is 0 Å². The van der Waals surface area contributed by atoms with Gasteiger partial charge in [-0.25, -0.2) is 0 Å².